The van der Waals surface area contributed by atoms with E-state index in [-0.39, 0.29) is 5.56 Å². The van der Waals surface area contributed by atoms with Gasteiger partial charge in [0.05, 0.1) is 0 Å². The molecule has 7 nitrogen and oxygen atoms in total. The van der Waals surface area contributed by atoms with Crippen molar-refractivity contribution in [3.63, 3.8) is 0 Å². The SMILES string of the molecule is O=C(O)C(Cc1ccc(C(F)(F)P(=O)(O)O)cc1)C(=O)O. The molecule has 0 heterocycles. The van der Waals surface area contributed by atoms with Crippen LogP contribution in [-0.2, 0) is 26.2 Å². The highest BCUT2D eigenvalue weighted by atomic mass is 31.2. The Balaban J connectivity index is 3.01. The Kier molecular flexibility index (Phi) is 4.83. The summed E-state index contributed by atoms with van der Waals surface area (Å²) in [6.45, 7) is 0. The van der Waals surface area contributed by atoms with Crippen LogP contribution in [0.25, 0.3) is 0 Å². The van der Waals surface area contributed by atoms with Gasteiger partial charge in [0.1, 0.15) is 0 Å². The Morgan fingerprint density at radius 1 is 1.10 bits per heavy atom. The molecule has 0 saturated heterocycles. The number of carbonyl (C=O) groups is 2. The molecule has 0 aromatic heterocycles. The van der Waals surface area contributed by atoms with E-state index in [9.17, 15) is 22.9 Å². The summed E-state index contributed by atoms with van der Waals surface area (Å²) in [7, 11) is -5.69. The topological polar surface area (TPSA) is 132 Å². The number of benzene rings is 1. The van der Waals surface area contributed by atoms with Crippen LogP contribution in [0.2, 0.25) is 0 Å². The fourth-order valence-corrected chi connectivity index (χ4v) is 2.01. The van der Waals surface area contributed by atoms with Crippen molar-refractivity contribution < 1.29 is 42.9 Å². The molecule has 0 atom stereocenters. The molecule has 0 amide bonds. The molecule has 1 rings (SSSR count). The second-order valence-corrected chi connectivity index (χ2v) is 5.87. The standard InChI is InChI=1S/C11H11F2O7P/c12-11(13,21(18,19)20)7-3-1-6(2-4-7)5-8(9(14)15)10(16)17/h1-4,8H,5H2,(H,14,15)(H,16,17)(H2,18,19,20). The molecule has 0 spiro atoms. The predicted octanol–water partition coefficient (Wildman–Crippen LogP) is 1.24. The quantitative estimate of drug-likeness (QED) is 0.457. The Labute approximate surface area is 117 Å². The number of carboxylic acids is 2. The van der Waals surface area contributed by atoms with Gasteiger partial charge < -0.3 is 20.0 Å². The number of carboxylic acid groups (broad SMARTS) is 2. The molecular weight excluding hydrogens is 313 g/mol. The summed E-state index contributed by atoms with van der Waals surface area (Å²) in [5.74, 6) is -4.89. The molecule has 0 unspecified atom stereocenters. The van der Waals surface area contributed by atoms with Gasteiger partial charge in [-0.25, -0.2) is 0 Å². The molecule has 0 bridgehead atoms. The van der Waals surface area contributed by atoms with Gasteiger partial charge in [-0.05, 0) is 12.0 Å². The van der Waals surface area contributed by atoms with E-state index in [0.717, 1.165) is 24.3 Å². The van der Waals surface area contributed by atoms with Gasteiger partial charge in [-0.15, -0.1) is 0 Å². The highest BCUT2D eigenvalue weighted by Crippen LogP contribution is 2.59. The second kappa shape index (κ2) is 5.88. The van der Waals surface area contributed by atoms with Gasteiger partial charge >= 0.3 is 25.2 Å². The molecule has 1 aromatic rings. The van der Waals surface area contributed by atoms with E-state index in [0.29, 0.717) is 0 Å². The first-order valence-electron chi connectivity index (χ1n) is 5.45. The molecule has 116 valence electrons. The second-order valence-electron chi connectivity index (χ2n) is 4.22. The summed E-state index contributed by atoms with van der Waals surface area (Å²) in [5, 5.41) is 17.4. The van der Waals surface area contributed by atoms with E-state index in [1.54, 1.807) is 0 Å². The van der Waals surface area contributed by atoms with Gasteiger partial charge in [-0.2, -0.15) is 8.78 Å². The minimum absolute atomic E-state index is 0.134. The van der Waals surface area contributed by atoms with E-state index in [2.05, 4.69) is 0 Å². The minimum Gasteiger partial charge on any atom is -0.481 e. The molecule has 0 aliphatic rings. The maximum Gasteiger partial charge on any atom is 0.399 e. The third kappa shape index (κ3) is 3.84. The van der Waals surface area contributed by atoms with Gasteiger partial charge in [-0.1, -0.05) is 24.3 Å². The van der Waals surface area contributed by atoms with Crippen LogP contribution in [0, 0.1) is 5.92 Å². The van der Waals surface area contributed by atoms with Crippen molar-refractivity contribution in [1.82, 2.24) is 0 Å². The van der Waals surface area contributed by atoms with Crippen molar-refractivity contribution in [3.8, 4) is 0 Å². The summed E-state index contributed by atoms with van der Waals surface area (Å²) < 4.78 is 37.4. The van der Waals surface area contributed by atoms with E-state index in [4.69, 9.17) is 20.0 Å². The van der Waals surface area contributed by atoms with Crippen LogP contribution in [0.4, 0.5) is 8.78 Å². The number of rotatable bonds is 6. The largest absolute Gasteiger partial charge is 0.481 e. The molecule has 0 aliphatic carbocycles. The lowest BCUT2D eigenvalue weighted by atomic mass is 9.99. The molecule has 21 heavy (non-hydrogen) atoms. The monoisotopic (exact) mass is 324 g/mol. The summed E-state index contributed by atoms with van der Waals surface area (Å²) in [6.07, 6.45) is -0.438. The highest BCUT2D eigenvalue weighted by molar-refractivity contribution is 7.52. The van der Waals surface area contributed by atoms with Crippen LogP contribution >= 0.6 is 7.60 Å². The summed E-state index contributed by atoms with van der Waals surface area (Å²) >= 11 is 0. The van der Waals surface area contributed by atoms with Crippen LogP contribution in [0.1, 0.15) is 11.1 Å². The maximum atomic E-state index is 13.4. The van der Waals surface area contributed by atoms with Crippen LogP contribution in [-0.4, -0.2) is 31.9 Å². The number of alkyl halides is 2. The van der Waals surface area contributed by atoms with Crippen LogP contribution in [0.3, 0.4) is 0 Å². The molecule has 10 heteroatoms. The zero-order valence-corrected chi connectivity index (χ0v) is 11.2. The van der Waals surface area contributed by atoms with E-state index < -0.39 is 43.1 Å². The summed E-state index contributed by atoms with van der Waals surface area (Å²) in [6, 6.07) is 3.43. The third-order valence-electron chi connectivity index (χ3n) is 2.70. The molecule has 1 aromatic carbocycles. The van der Waals surface area contributed by atoms with Crippen molar-refractivity contribution in [2.75, 3.05) is 0 Å². The van der Waals surface area contributed by atoms with Crippen molar-refractivity contribution in [3.05, 3.63) is 35.4 Å². The number of hydrogen-bond donors (Lipinski definition) is 4. The fourth-order valence-electron chi connectivity index (χ4n) is 1.53. The van der Waals surface area contributed by atoms with Crippen molar-refractivity contribution in [2.24, 2.45) is 5.92 Å². The van der Waals surface area contributed by atoms with Gasteiger partial charge in [0, 0.05) is 5.56 Å². The molecule has 4 N–H and O–H groups in total. The first-order chi connectivity index (χ1) is 9.46. The molecule has 0 fully saturated rings. The lowest BCUT2D eigenvalue weighted by Crippen LogP contribution is -2.25. The number of hydrogen-bond acceptors (Lipinski definition) is 3. The van der Waals surface area contributed by atoms with Gasteiger partial charge in [0.25, 0.3) is 0 Å². The zero-order valence-electron chi connectivity index (χ0n) is 10.3. The zero-order chi connectivity index (χ0) is 16.4. The highest BCUT2D eigenvalue weighted by Gasteiger charge is 2.50. The van der Waals surface area contributed by atoms with Gasteiger partial charge in [0.2, 0.25) is 0 Å². The molecule has 0 saturated carbocycles. The molecule has 0 radical (unpaired) electrons. The van der Waals surface area contributed by atoms with Crippen molar-refractivity contribution >= 4 is 19.5 Å². The number of halogens is 2. The predicted molar refractivity (Wildman–Crippen MR) is 64.8 cm³/mol. The molecular formula is C11H11F2O7P. The average Bonchev–Trinajstić information content (AvgIpc) is 2.34. The minimum atomic E-state index is -5.69. The van der Waals surface area contributed by atoms with E-state index in [1.165, 1.54) is 0 Å². The van der Waals surface area contributed by atoms with Crippen molar-refractivity contribution in [1.29, 1.82) is 0 Å². The Bertz CT molecular complexity index is 579. The Hall–Kier alpha value is -1.83. The van der Waals surface area contributed by atoms with Crippen LogP contribution in [0.15, 0.2) is 24.3 Å². The Morgan fingerprint density at radius 3 is 1.86 bits per heavy atom. The fraction of sp³-hybridized carbons (Fsp3) is 0.273. The normalized spacial score (nSPS) is 12.4. The summed E-state index contributed by atoms with van der Waals surface area (Å²) in [5.41, 5.74) is -5.18. The van der Waals surface area contributed by atoms with Gasteiger partial charge in [-0.3, -0.25) is 14.2 Å². The van der Waals surface area contributed by atoms with E-state index in [1.807, 2.05) is 0 Å². The Morgan fingerprint density at radius 2 is 1.52 bits per heavy atom. The maximum absolute atomic E-state index is 13.4. The van der Waals surface area contributed by atoms with Gasteiger partial charge in [0.15, 0.2) is 5.92 Å². The smallest absolute Gasteiger partial charge is 0.399 e. The third-order valence-corrected chi connectivity index (χ3v) is 3.69. The first kappa shape index (κ1) is 17.2. The number of aliphatic carboxylic acids is 2. The lowest BCUT2D eigenvalue weighted by Gasteiger charge is -2.18. The van der Waals surface area contributed by atoms with Crippen molar-refractivity contribution in [2.45, 2.75) is 12.1 Å². The molecule has 0 aliphatic heterocycles. The lowest BCUT2D eigenvalue weighted by molar-refractivity contribution is -0.154. The van der Waals surface area contributed by atoms with Crippen LogP contribution < -0.4 is 0 Å². The summed E-state index contributed by atoms with van der Waals surface area (Å²) in [4.78, 5) is 38.5. The van der Waals surface area contributed by atoms with E-state index >= 15 is 0 Å². The average molecular weight is 324 g/mol. The first-order valence-corrected chi connectivity index (χ1v) is 7.06. The van der Waals surface area contributed by atoms with Crippen LogP contribution in [0.5, 0.6) is 0 Å².